The lowest BCUT2D eigenvalue weighted by molar-refractivity contribution is 0.122. The van der Waals surface area contributed by atoms with Gasteiger partial charge in [0.2, 0.25) is 5.95 Å². The SMILES string of the molecule is CCN(c1cccc(C)c1)c1cc(-c2ccccc2)nc(N2CCOCC2)n1. The molecular formula is C23H26N4O. The zero-order chi connectivity index (χ0) is 19.3. The number of rotatable bonds is 5. The van der Waals surface area contributed by atoms with Gasteiger partial charge in [-0.2, -0.15) is 4.98 Å². The summed E-state index contributed by atoms with van der Waals surface area (Å²) in [5.41, 5.74) is 4.42. The molecule has 0 bridgehead atoms. The molecular weight excluding hydrogens is 348 g/mol. The van der Waals surface area contributed by atoms with Gasteiger partial charge in [0.25, 0.3) is 0 Å². The Kier molecular flexibility index (Phi) is 5.53. The van der Waals surface area contributed by atoms with Crippen LogP contribution in [0.1, 0.15) is 12.5 Å². The topological polar surface area (TPSA) is 41.5 Å². The van der Waals surface area contributed by atoms with E-state index in [1.54, 1.807) is 0 Å². The highest BCUT2D eigenvalue weighted by molar-refractivity contribution is 5.69. The van der Waals surface area contributed by atoms with Crippen LogP contribution in [0.25, 0.3) is 11.3 Å². The molecule has 0 saturated carbocycles. The van der Waals surface area contributed by atoms with Crippen molar-refractivity contribution in [3.05, 3.63) is 66.2 Å². The number of benzene rings is 2. The van der Waals surface area contributed by atoms with Gasteiger partial charge < -0.3 is 14.5 Å². The fraction of sp³-hybridized carbons (Fsp3) is 0.304. The molecule has 1 saturated heterocycles. The van der Waals surface area contributed by atoms with Crippen molar-refractivity contribution in [1.29, 1.82) is 0 Å². The average Bonchev–Trinajstić information content (AvgIpc) is 2.75. The van der Waals surface area contributed by atoms with E-state index in [1.807, 2.05) is 18.2 Å². The number of hydrogen-bond acceptors (Lipinski definition) is 5. The molecule has 1 aliphatic heterocycles. The lowest BCUT2D eigenvalue weighted by atomic mass is 10.1. The number of nitrogens with zero attached hydrogens (tertiary/aromatic N) is 4. The van der Waals surface area contributed by atoms with Crippen LogP contribution in [0.2, 0.25) is 0 Å². The van der Waals surface area contributed by atoms with Crippen LogP contribution < -0.4 is 9.80 Å². The number of morpholine rings is 1. The third kappa shape index (κ3) is 3.99. The van der Waals surface area contributed by atoms with Gasteiger partial charge in [-0.1, -0.05) is 42.5 Å². The smallest absolute Gasteiger partial charge is 0.228 e. The molecule has 2 heterocycles. The van der Waals surface area contributed by atoms with E-state index in [9.17, 15) is 0 Å². The van der Waals surface area contributed by atoms with Crippen molar-refractivity contribution in [3.8, 4) is 11.3 Å². The van der Waals surface area contributed by atoms with Crippen LogP contribution in [0.3, 0.4) is 0 Å². The first-order chi connectivity index (χ1) is 13.7. The zero-order valence-electron chi connectivity index (χ0n) is 16.5. The summed E-state index contributed by atoms with van der Waals surface area (Å²) >= 11 is 0. The summed E-state index contributed by atoms with van der Waals surface area (Å²) in [6.07, 6.45) is 0. The predicted octanol–water partition coefficient (Wildman–Crippen LogP) is 4.45. The summed E-state index contributed by atoms with van der Waals surface area (Å²) in [7, 11) is 0. The maximum Gasteiger partial charge on any atom is 0.228 e. The van der Waals surface area contributed by atoms with E-state index >= 15 is 0 Å². The highest BCUT2D eigenvalue weighted by Gasteiger charge is 2.19. The minimum atomic E-state index is 0.712. The second-order valence-corrected chi connectivity index (χ2v) is 6.96. The summed E-state index contributed by atoms with van der Waals surface area (Å²) in [4.78, 5) is 14.3. The van der Waals surface area contributed by atoms with Gasteiger partial charge >= 0.3 is 0 Å². The quantitative estimate of drug-likeness (QED) is 0.660. The van der Waals surface area contributed by atoms with E-state index in [0.717, 1.165) is 48.3 Å². The van der Waals surface area contributed by atoms with Crippen LogP contribution in [0.4, 0.5) is 17.5 Å². The van der Waals surface area contributed by atoms with Gasteiger partial charge in [0.1, 0.15) is 5.82 Å². The number of hydrogen-bond donors (Lipinski definition) is 0. The van der Waals surface area contributed by atoms with Crippen molar-refractivity contribution in [2.45, 2.75) is 13.8 Å². The van der Waals surface area contributed by atoms with Gasteiger partial charge in [0.15, 0.2) is 0 Å². The maximum atomic E-state index is 5.51. The highest BCUT2D eigenvalue weighted by Crippen LogP contribution is 2.30. The standard InChI is InChI=1S/C23H26N4O/c1-3-27(20-11-7-8-18(2)16-20)22-17-21(19-9-5-4-6-10-19)24-23(25-22)26-12-14-28-15-13-26/h4-11,16-17H,3,12-15H2,1-2H3. The van der Waals surface area contributed by atoms with E-state index in [2.05, 4.69) is 66.1 Å². The van der Waals surface area contributed by atoms with Crippen LogP contribution in [-0.2, 0) is 4.74 Å². The number of ether oxygens (including phenoxy) is 1. The van der Waals surface area contributed by atoms with E-state index in [0.29, 0.717) is 13.2 Å². The van der Waals surface area contributed by atoms with Crippen LogP contribution in [-0.4, -0.2) is 42.8 Å². The summed E-state index contributed by atoms with van der Waals surface area (Å²) < 4.78 is 5.51. The number of aromatic nitrogens is 2. The number of anilines is 3. The number of aryl methyl sites for hydroxylation is 1. The molecule has 144 valence electrons. The minimum absolute atomic E-state index is 0.712. The van der Waals surface area contributed by atoms with Gasteiger partial charge in [0, 0.05) is 37.0 Å². The summed E-state index contributed by atoms with van der Waals surface area (Å²) in [6.45, 7) is 8.15. The normalized spacial score (nSPS) is 14.1. The molecule has 2 aromatic carbocycles. The first-order valence-corrected chi connectivity index (χ1v) is 9.86. The lowest BCUT2D eigenvalue weighted by Crippen LogP contribution is -2.37. The van der Waals surface area contributed by atoms with Crippen LogP contribution in [0.5, 0.6) is 0 Å². The maximum absolute atomic E-state index is 5.51. The largest absolute Gasteiger partial charge is 0.378 e. The van der Waals surface area contributed by atoms with Gasteiger partial charge in [-0.15, -0.1) is 0 Å². The molecule has 0 spiro atoms. The molecule has 4 rings (SSSR count). The molecule has 0 radical (unpaired) electrons. The van der Waals surface area contributed by atoms with Crippen molar-refractivity contribution < 1.29 is 4.74 Å². The Hall–Kier alpha value is -2.92. The fourth-order valence-corrected chi connectivity index (χ4v) is 3.49. The lowest BCUT2D eigenvalue weighted by Gasteiger charge is -2.29. The van der Waals surface area contributed by atoms with Crippen LogP contribution in [0, 0.1) is 6.92 Å². The average molecular weight is 374 g/mol. The Morgan fingerprint density at radius 2 is 1.75 bits per heavy atom. The zero-order valence-corrected chi connectivity index (χ0v) is 16.5. The summed E-state index contributed by atoms with van der Waals surface area (Å²) in [5, 5.41) is 0. The van der Waals surface area contributed by atoms with Crippen molar-refractivity contribution in [2.75, 3.05) is 42.6 Å². The third-order valence-electron chi connectivity index (χ3n) is 4.97. The molecule has 1 aromatic heterocycles. The predicted molar refractivity (Wildman–Crippen MR) is 114 cm³/mol. The van der Waals surface area contributed by atoms with E-state index in [4.69, 9.17) is 14.7 Å². The van der Waals surface area contributed by atoms with Crippen LogP contribution in [0.15, 0.2) is 60.7 Å². The molecule has 3 aromatic rings. The Morgan fingerprint density at radius 1 is 0.964 bits per heavy atom. The van der Waals surface area contributed by atoms with E-state index < -0.39 is 0 Å². The molecule has 0 N–H and O–H groups in total. The molecule has 0 amide bonds. The van der Waals surface area contributed by atoms with Crippen LogP contribution >= 0.6 is 0 Å². The molecule has 5 nitrogen and oxygen atoms in total. The molecule has 1 aliphatic rings. The molecule has 5 heteroatoms. The monoisotopic (exact) mass is 374 g/mol. The highest BCUT2D eigenvalue weighted by atomic mass is 16.5. The molecule has 1 fully saturated rings. The fourth-order valence-electron chi connectivity index (χ4n) is 3.49. The molecule has 0 unspecified atom stereocenters. The molecule has 0 aliphatic carbocycles. The molecule has 28 heavy (non-hydrogen) atoms. The summed E-state index contributed by atoms with van der Waals surface area (Å²) in [6, 6.07) is 20.9. The first kappa shape index (κ1) is 18.4. The second kappa shape index (κ2) is 8.40. The van der Waals surface area contributed by atoms with E-state index in [1.165, 1.54) is 5.56 Å². The Bertz CT molecular complexity index is 923. The Morgan fingerprint density at radius 3 is 2.46 bits per heavy atom. The van der Waals surface area contributed by atoms with Crippen molar-refractivity contribution in [3.63, 3.8) is 0 Å². The van der Waals surface area contributed by atoms with Gasteiger partial charge in [0.05, 0.1) is 18.9 Å². The summed E-state index contributed by atoms with van der Waals surface area (Å²) in [5.74, 6) is 1.69. The Balaban J connectivity index is 1.80. The first-order valence-electron chi connectivity index (χ1n) is 9.86. The van der Waals surface area contributed by atoms with Gasteiger partial charge in [-0.25, -0.2) is 4.98 Å². The second-order valence-electron chi connectivity index (χ2n) is 6.96. The minimum Gasteiger partial charge on any atom is -0.378 e. The van der Waals surface area contributed by atoms with Gasteiger partial charge in [-0.05, 0) is 31.5 Å². The van der Waals surface area contributed by atoms with Crippen molar-refractivity contribution >= 4 is 17.5 Å². The third-order valence-corrected chi connectivity index (χ3v) is 4.97. The van der Waals surface area contributed by atoms with Crippen molar-refractivity contribution in [2.24, 2.45) is 0 Å². The van der Waals surface area contributed by atoms with E-state index in [-0.39, 0.29) is 0 Å². The Labute approximate surface area is 166 Å². The van der Waals surface area contributed by atoms with Crippen molar-refractivity contribution in [1.82, 2.24) is 9.97 Å². The molecule has 0 atom stereocenters. The van der Waals surface area contributed by atoms with Gasteiger partial charge in [-0.3, -0.25) is 0 Å².